The highest BCUT2D eigenvalue weighted by molar-refractivity contribution is 7.75. The van der Waals surface area contributed by atoms with Crippen LogP contribution in [0.15, 0.2) is 48.5 Å². The second kappa shape index (κ2) is 20.5. The zero-order chi connectivity index (χ0) is 38.8. The molecule has 0 unspecified atom stereocenters. The maximum Gasteiger partial charge on any atom is 0.0967 e. The van der Waals surface area contributed by atoms with Crippen LogP contribution >= 0.6 is 30.5 Å². The number of aromatic nitrogens is 4. The van der Waals surface area contributed by atoms with E-state index in [0.717, 1.165) is 0 Å². The number of hydrogen-bond donors (Lipinski definition) is 4. The molecule has 0 atom stereocenters. The first kappa shape index (κ1) is 47.6. The minimum absolute atomic E-state index is 0. The van der Waals surface area contributed by atoms with E-state index in [0.29, 0.717) is 0 Å². The minimum atomic E-state index is -0.562. The fourth-order valence-electron chi connectivity index (χ4n) is 7.72. The van der Waals surface area contributed by atoms with Gasteiger partial charge in [-0.3, -0.25) is 0 Å². The Kier molecular flexibility index (Phi) is 18.4. The van der Waals surface area contributed by atoms with Crippen molar-refractivity contribution in [1.82, 2.24) is 19.9 Å². The van der Waals surface area contributed by atoms with E-state index in [1.165, 1.54) is 96.9 Å². The van der Waals surface area contributed by atoms with E-state index in [-0.39, 0.29) is 39.4 Å². The van der Waals surface area contributed by atoms with Crippen LogP contribution < -0.4 is 12.4 Å². The molecule has 5 rings (SSSR count). The fraction of sp³-hybridized carbons (Fsp3) is 0.644. The largest absolute Gasteiger partial charge is 1.00 e. The molecular weight excluding hydrogens is 734 g/mol. The van der Waals surface area contributed by atoms with Crippen molar-refractivity contribution in [2.45, 2.75) is 156 Å². The summed E-state index contributed by atoms with van der Waals surface area (Å²) in [7, 11) is -0.562. The molecule has 0 saturated heterocycles. The highest BCUT2D eigenvalue weighted by Crippen LogP contribution is 2.61. The van der Waals surface area contributed by atoms with E-state index in [4.69, 9.17) is 23.2 Å². The molecule has 8 bridgehead atoms. The van der Waals surface area contributed by atoms with Crippen LogP contribution in [0.3, 0.4) is 0 Å². The van der Waals surface area contributed by atoms with Gasteiger partial charge in [-0.05, 0) is 130 Å². The molecule has 0 radical (unpaired) electrons. The van der Waals surface area contributed by atoms with Crippen molar-refractivity contribution in [1.29, 1.82) is 0 Å². The summed E-state index contributed by atoms with van der Waals surface area (Å²) in [6.07, 6.45) is 17.9. The molecule has 0 amide bonds. The predicted octanol–water partition coefficient (Wildman–Crippen LogP) is 11.2. The van der Waals surface area contributed by atoms with Crippen molar-refractivity contribution in [2.75, 3.05) is 30.0 Å². The number of rotatable bonds is 12. The Morgan fingerprint density at radius 2 is 0.547 bits per heavy atom. The number of unbranched alkanes of at least 4 members (excludes halogenated alkanes) is 4. The molecule has 1 aliphatic heterocycles. The van der Waals surface area contributed by atoms with Crippen LogP contribution in [-0.2, 0) is 21.7 Å². The Morgan fingerprint density at radius 3 is 0.679 bits per heavy atom. The predicted molar refractivity (Wildman–Crippen MR) is 234 cm³/mol. The van der Waals surface area contributed by atoms with Crippen LogP contribution in [0.25, 0.3) is 0 Å². The number of hydrogen-bond acceptors (Lipinski definition) is 0. The molecule has 0 fully saturated rings. The average Bonchev–Trinajstić information content (AvgIpc) is 3.94. The fourth-order valence-corrected chi connectivity index (χ4v) is 13.0. The van der Waals surface area contributed by atoms with Gasteiger partial charge in [0.1, 0.15) is 0 Å². The average molecular weight is 808 g/mol. The molecule has 53 heavy (non-hydrogen) atoms. The Balaban J connectivity index is 0.000000396. The molecule has 5 heterocycles. The van der Waals surface area contributed by atoms with Crippen LogP contribution in [0.4, 0.5) is 0 Å². The Labute approximate surface area is 341 Å². The maximum absolute atomic E-state index is 4.76. The molecule has 1 aliphatic rings. The van der Waals surface area contributed by atoms with Crippen molar-refractivity contribution in [3.05, 3.63) is 94.1 Å². The number of H-pyrrole nitrogens is 4. The molecule has 4 aromatic heterocycles. The molecule has 4 N–H and O–H groups in total. The van der Waals surface area contributed by atoms with Crippen molar-refractivity contribution >= 4 is 30.5 Å². The van der Waals surface area contributed by atoms with Gasteiger partial charge in [-0.1, -0.05) is 53.4 Å². The lowest BCUT2D eigenvalue weighted by Crippen LogP contribution is -3.00. The third-order valence-electron chi connectivity index (χ3n) is 12.1. The van der Waals surface area contributed by atoms with E-state index in [1.807, 2.05) is 0 Å². The normalized spacial score (nSPS) is 16.4. The Hall–Kier alpha value is -1.58. The van der Waals surface area contributed by atoms with E-state index in [2.05, 4.69) is 152 Å². The third kappa shape index (κ3) is 11.3. The first-order chi connectivity index (χ1) is 24.5. The van der Waals surface area contributed by atoms with Gasteiger partial charge in [0.2, 0.25) is 0 Å². The highest BCUT2D eigenvalue weighted by atomic mass is 35.5. The zero-order valence-corrected chi connectivity index (χ0v) is 38.6. The van der Waals surface area contributed by atoms with Gasteiger partial charge >= 0.3 is 0 Å². The van der Waals surface area contributed by atoms with Gasteiger partial charge in [0.25, 0.3) is 0 Å². The van der Waals surface area contributed by atoms with Crippen molar-refractivity contribution < 1.29 is 12.4 Å². The second-order valence-electron chi connectivity index (χ2n) is 17.4. The number of nitrogens with one attached hydrogen (secondary N) is 4. The number of alkyl halides is 2. The Bertz CT molecular complexity index is 1300. The molecule has 4 nitrogen and oxygen atoms in total. The van der Waals surface area contributed by atoms with Gasteiger partial charge in [-0.15, -0.1) is 23.2 Å². The molecule has 0 aliphatic carbocycles. The smallest absolute Gasteiger partial charge is 0.0967 e. The van der Waals surface area contributed by atoms with Crippen LogP contribution in [0.2, 0.25) is 0 Å². The highest BCUT2D eigenvalue weighted by Gasteiger charge is 2.37. The molecule has 8 heteroatoms. The second-order valence-corrected chi connectivity index (χ2v) is 22.7. The molecule has 0 saturated carbocycles. The van der Waals surface area contributed by atoms with Gasteiger partial charge in [-0.25, -0.2) is 0 Å². The summed E-state index contributed by atoms with van der Waals surface area (Å²) in [4.78, 5) is 15.1. The van der Waals surface area contributed by atoms with Gasteiger partial charge in [-0.2, -0.15) is 0 Å². The van der Waals surface area contributed by atoms with Crippen LogP contribution in [-0.4, -0.2) is 49.9 Å². The SMILES string of the molecule is CC1(C)c2ccc([nH]2)C(C)(C)c2ccc([nH]2)C(C)(C)c2ccc([nH]2)C(C)(C)c2ccc1[nH]2.CCCC[P+](CCCC)(CCCC)CCCC.ClCCl.[Cl-]. The van der Waals surface area contributed by atoms with Gasteiger partial charge in [0.05, 0.1) is 30.0 Å². The topological polar surface area (TPSA) is 63.2 Å². The first-order valence-corrected chi connectivity index (χ1v) is 23.9. The zero-order valence-electron chi connectivity index (χ0n) is 35.4. The standard InChI is InChI=1S/C28H36N4.C16H36P.CH2Cl2.ClH/c1-25(2)17-9-11-19(29-17)26(3,4)21-13-15-23(31-21)28(7,8)24-16-14-22(32-24)27(5,6)20-12-10-18(25)30-20;1-5-9-13-17(14-10-6-2,15-11-7-3)16-12-8-4;2-1-3;/h9-16,29-32H,1-8H3;5-16H2,1-4H3;1H2;1H/q;+1;;/p-1. The molecule has 300 valence electrons. The lowest BCUT2D eigenvalue weighted by molar-refractivity contribution is -0.0000120. The summed E-state index contributed by atoms with van der Waals surface area (Å²) in [5.74, 6) is 0. The van der Waals surface area contributed by atoms with Gasteiger partial charge in [0, 0.05) is 74.5 Å². The van der Waals surface area contributed by atoms with E-state index in [1.54, 1.807) is 24.6 Å². The number of aromatic amines is 4. The summed E-state index contributed by atoms with van der Waals surface area (Å²) in [6, 6.07) is 17.9. The van der Waals surface area contributed by atoms with E-state index < -0.39 is 7.26 Å². The minimum Gasteiger partial charge on any atom is -1.00 e. The monoisotopic (exact) mass is 806 g/mol. The summed E-state index contributed by atoms with van der Waals surface area (Å²) in [5.41, 5.74) is 9.07. The molecule has 0 aromatic carbocycles. The lowest BCUT2D eigenvalue weighted by atomic mass is 9.85. The third-order valence-corrected chi connectivity index (χ3v) is 17.1. The van der Waals surface area contributed by atoms with Crippen molar-refractivity contribution in [2.24, 2.45) is 0 Å². The van der Waals surface area contributed by atoms with Crippen LogP contribution in [0.1, 0.15) is 180 Å². The number of fused-ring (bicyclic) bond motifs is 8. The van der Waals surface area contributed by atoms with Crippen LogP contribution in [0.5, 0.6) is 0 Å². The van der Waals surface area contributed by atoms with Crippen LogP contribution in [0, 0.1) is 0 Å². The first-order valence-electron chi connectivity index (χ1n) is 20.3. The van der Waals surface area contributed by atoms with Gasteiger partial charge < -0.3 is 32.3 Å². The molecular formula is C45H74Cl3N4P. The van der Waals surface area contributed by atoms with Crippen molar-refractivity contribution in [3.8, 4) is 0 Å². The van der Waals surface area contributed by atoms with E-state index in [9.17, 15) is 0 Å². The maximum atomic E-state index is 4.76. The summed E-state index contributed by atoms with van der Waals surface area (Å²) in [6.45, 7) is 27.7. The summed E-state index contributed by atoms with van der Waals surface area (Å²) >= 11 is 9.53. The Morgan fingerprint density at radius 1 is 0.396 bits per heavy atom. The lowest BCUT2D eigenvalue weighted by Gasteiger charge is -2.28. The summed E-state index contributed by atoms with van der Waals surface area (Å²) < 4.78 is 0. The summed E-state index contributed by atoms with van der Waals surface area (Å²) in [5, 5.41) is 0.194. The van der Waals surface area contributed by atoms with Gasteiger partial charge in [0.15, 0.2) is 0 Å². The quantitative estimate of drug-likeness (QED) is 0.0814. The molecule has 4 aromatic rings. The number of halogens is 3. The van der Waals surface area contributed by atoms with Crippen molar-refractivity contribution in [3.63, 3.8) is 0 Å². The van der Waals surface area contributed by atoms with E-state index >= 15 is 0 Å². The molecule has 0 spiro atoms.